The summed E-state index contributed by atoms with van der Waals surface area (Å²) >= 11 is 2.43. The fourth-order valence-corrected chi connectivity index (χ4v) is 2.80. The maximum atomic E-state index is 11.8. The molecular formula is C11H9NO3S2. The van der Waals surface area contributed by atoms with Crippen LogP contribution in [0.1, 0.15) is 24.9 Å². The van der Waals surface area contributed by atoms with Crippen LogP contribution in [-0.4, -0.2) is 17.0 Å². The SMILES string of the molecule is Cc1csc(C(=O)O)c1NC(=O)c1cccs1. The second-order valence-corrected chi connectivity index (χ2v) is 5.19. The molecular weight excluding hydrogens is 258 g/mol. The van der Waals surface area contributed by atoms with Crippen LogP contribution in [-0.2, 0) is 0 Å². The maximum absolute atomic E-state index is 11.8. The molecule has 2 aromatic heterocycles. The predicted molar refractivity (Wildman–Crippen MR) is 68.3 cm³/mol. The summed E-state index contributed by atoms with van der Waals surface area (Å²) in [5, 5.41) is 15.1. The Morgan fingerprint density at radius 2 is 2.12 bits per heavy atom. The lowest BCUT2D eigenvalue weighted by Crippen LogP contribution is -2.12. The van der Waals surface area contributed by atoms with Crippen LogP contribution < -0.4 is 5.32 Å². The van der Waals surface area contributed by atoms with E-state index < -0.39 is 5.97 Å². The van der Waals surface area contributed by atoms with E-state index in [9.17, 15) is 9.59 Å². The smallest absolute Gasteiger partial charge is 0.348 e. The Kier molecular flexibility index (Phi) is 3.26. The van der Waals surface area contributed by atoms with E-state index in [1.54, 1.807) is 29.8 Å². The highest BCUT2D eigenvalue weighted by molar-refractivity contribution is 7.13. The van der Waals surface area contributed by atoms with Crippen LogP contribution in [0.15, 0.2) is 22.9 Å². The molecule has 88 valence electrons. The number of carboxylic acids is 1. The first-order valence-corrected chi connectivity index (χ1v) is 6.51. The molecule has 2 aromatic rings. The summed E-state index contributed by atoms with van der Waals surface area (Å²) in [6, 6.07) is 3.47. The Balaban J connectivity index is 2.27. The molecule has 0 aliphatic carbocycles. The van der Waals surface area contributed by atoms with E-state index in [-0.39, 0.29) is 10.8 Å². The summed E-state index contributed by atoms with van der Waals surface area (Å²) in [5.41, 5.74) is 1.15. The number of amides is 1. The van der Waals surface area contributed by atoms with Gasteiger partial charge in [-0.15, -0.1) is 22.7 Å². The van der Waals surface area contributed by atoms with Crippen molar-refractivity contribution in [3.05, 3.63) is 38.2 Å². The van der Waals surface area contributed by atoms with Crippen LogP contribution >= 0.6 is 22.7 Å². The molecule has 2 rings (SSSR count). The number of nitrogens with one attached hydrogen (secondary N) is 1. The molecule has 0 spiro atoms. The highest BCUT2D eigenvalue weighted by atomic mass is 32.1. The third kappa shape index (κ3) is 2.37. The van der Waals surface area contributed by atoms with Crippen molar-refractivity contribution < 1.29 is 14.7 Å². The van der Waals surface area contributed by atoms with E-state index >= 15 is 0 Å². The summed E-state index contributed by atoms with van der Waals surface area (Å²) in [6.07, 6.45) is 0. The van der Waals surface area contributed by atoms with Gasteiger partial charge >= 0.3 is 5.97 Å². The lowest BCUT2D eigenvalue weighted by Gasteiger charge is -2.04. The monoisotopic (exact) mass is 267 g/mol. The molecule has 0 unspecified atom stereocenters. The highest BCUT2D eigenvalue weighted by Crippen LogP contribution is 2.28. The van der Waals surface area contributed by atoms with Crippen molar-refractivity contribution in [3.8, 4) is 0 Å². The average Bonchev–Trinajstić information content (AvgIpc) is 2.89. The molecule has 0 atom stereocenters. The maximum Gasteiger partial charge on any atom is 0.348 e. The molecule has 0 bridgehead atoms. The van der Waals surface area contributed by atoms with Crippen molar-refractivity contribution in [1.29, 1.82) is 0 Å². The van der Waals surface area contributed by atoms with Gasteiger partial charge in [-0.1, -0.05) is 6.07 Å². The number of aryl methyl sites for hydroxylation is 1. The van der Waals surface area contributed by atoms with E-state index in [2.05, 4.69) is 5.32 Å². The summed E-state index contributed by atoms with van der Waals surface area (Å²) < 4.78 is 0. The molecule has 4 nitrogen and oxygen atoms in total. The van der Waals surface area contributed by atoms with E-state index in [1.165, 1.54) is 11.3 Å². The number of hydrogen-bond donors (Lipinski definition) is 2. The van der Waals surface area contributed by atoms with Gasteiger partial charge < -0.3 is 10.4 Å². The van der Waals surface area contributed by atoms with Crippen molar-refractivity contribution in [3.63, 3.8) is 0 Å². The Labute approximate surface area is 106 Å². The van der Waals surface area contributed by atoms with Gasteiger partial charge in [0.25, 0.3) is 5.91 Å². The number of carbonyl (C=O) groups excluding carboxylic acids is 1. The molecule has 0 aliphatic rings. The molecule has 2 N–H and O–H groups in total. The van der Waals surface area contributed by atoms with E-state index in [0.717, 1.165) is 16.9 Å². The van der Waals surface area contributed by atoms with Gasteiger partial charge in [-0.2, -0.15) is 0 Å². The molecule has 1 amide bonds. The first-order valence-electron chi connectivity index (χ1n) is 4.76. The minimum atomic E-state index is -1.02. The van der Waals surface area contributed by atoms with Crippen LogP contribution in [0.25, 0.3) is 0 Å². The van der Waals surface area contributed by atoms with Gasteiger partial charge in [-0.3, -0.25) is 4.79 Å². The minimum absolute atomic E-state index is 0.160. The Hall–Kier alpha value is -1.66. The summed E-state index contributed by atoms with van der Waals surface area (Å²) in [5.74, 6) is -1.30. The summed E-state index contributed by atoms with van der Waals surface area (Å²) in [4.78, 5) is 23.5. The quantitative estimate of drug-likeness (QED) is 0.898. The first-order chi connectivity index (χ1) is 8.09. The number of rotatable bonds is 3. The van der Waals surface area contributed by atoms with Crippen LogP contribution in [0.4, 0.5) is 5.69 Å². The van der Waals surface area contributed by atoms with Crippen molar-refractivity contribution in [1.82, 2.24) is 0 Å². The van der Waals surface area contributed by atoms with E-state index in [1.807, 2.05) is 0 Å². The molecule has 0 aromatic carbocycles. The predicted octanol–water partition coefficient (Wildman–Crippen LogP) is 3.07. The van der Waals surface area contributed by atoms with Crippen molar-refractivity contribution in [2.45, 2.75) is 6.92 Å². The molecule has 0 fully saturated rings. The molecule has 0 radical (unpaired) electrons. The second kappa shape index (κ2) is 4.68. The third-order valence-electron chi connectivity index (χ3n) is 2.15. The summed E-state index contributed by atoms with van der Waals surface area (Å²) in [7, 11) is 0. The van der Waals surface area contributed by atoms with Crippen molar-refractivity contribution in [2.75, 3.05) is 5.32 Å². The average molecular weight is 267 g/mol. The van der Waals surface area contributed by atoms with Gasteiger partial charge in [0.05, 0.1) is 10.6 Å². The van der Waals surface area contributed by atoms with Crippen LogP contribution in [0.5, 0.6) is 0 Å². The Morgan fingerprint density at radius 3 is 2.71 bits per heavy atom. The van der Waals surface area contributed by atoms with Crippen LogP contribution in [0.2, 0.25) is 0 Å². The zero-order valence-electron chi connectivity index (χ0n) is 8.89. The molecule has 0 aliphatic heterocycles. The highest BCUT2D eigenvalue weighted by Gasteiger charge is 2.18. The lowest BCUT2D eigenvalue weighted by molar-refractivity contribution is 0.0703. The van der Waals surface area contributed by atoms with Gasteiger partial charge in [-0.05, 0) is 29.3 Å². The van der Waals surface area contributed by atoms with Gasteiger partial charge in [0, 0.05) is 0 Å². The zero-order valence-corrected chi connectivity index (χ0v) is 10.5. The van der Waals surface area contributed by atoms with Gasteiger partial charge in [0.15, 0.2) is 0 Å². The summed E-state index contributed by atoms with van der Waals surface area (Å²) in [6.45, 7) is 1.77. The van der Waals surface area contributed by atoms with Crippen LogP contribution in [0.3, 0.4) is 0 Å². The van der Waals surface area contributed by atoms with Crippen LogP contribution in [0, 0.1) is 6.92 Å². The number of carbonyl (C=O) groups is 2. The zero-order chi connectivity index (χ0) is 12.4. The Morgan fingerprint density at radius 1 is 1.35 bits per heavy atom. The van der Waals surface area contributed by atoms with Crippen molar-refractivity contribution >= 4 is 40.2 Å². The lowest BCUT2D eigenvalue weighted by atomic mass is 10.2. The largest absolute Gasteiger partial charge is 0.477 e. The van der Waals surface area contributed by atoms with Gasteiger partial charge in [0.1, 0.15) is 4.88 Å². The third-order valence-corrected chi connectivity index (χ3v) is 4.11. The fraction of sp³-hybridized carbons (Fsp3) is 0.0909. The van der Waals surface area contributed by atoms with Gasteiger partial charge in [-0.25, -0.2) is 4.79 Å². The fourth-order valence-electron chi connectivity index (χ4n) is 1.34. The normalized spacial score (nSPS) is 10.2. The van der Waals surface area contributed by atoms with Gasteiger partial charge in [0.2, 0.25) is 0 Å². The van der Waals surface area contributed by atoms with E-state index in [4.69, 9.17) is 5.11 Å². The topological polar surface area (TPSA) is 66.4 Å². The molecule has 0 saturated carbocycles. The second-order valence-electron chi connectivity index (χ2n) is 3.36. The number of carboxylic acid groups (broad SMARTS) is 1. The minimum Gasteiger partial charge on any atom is -0.477 e. The number of aromatic carboxylic acids is 1. The molecule has 2 heterocycles. The first kappa shape index (κ1) is 11.8. The number of hydrogen-bond acceptors (Lipinski definition) is 4. The molecule has 6 heteroatoms. The van der Waals surface area contributed by atoms with Crippen molar-refractivity contribution in [2.24, 2.45) is 0 Å². The number of anilines is 1. The van der Waals surface area contributed by atoms with E-state index in [0.29, 0.717) is 10.6 Å². The molecule has 0 saturated heterocycles. The number of thiophene rings is 2. The standard InChI is InChI=1S/C11H9NO3S2/c1-6-5-17-9(11(14)15)8(6)12-10(13)7-3-2-4-16-7/h2-5H,1H3,(H,12,13)(H,14,15). The molecule has 17 heavy (non-hydrogen) atoms. The Bertz CT molecular complexity index is 557.